The highest BCUT2D eigenvalue weighted by atomic mass is 16.4. The summed E-state index contributed by atoms with van der Waals surface area (Å²) in [6.45, 7) is 2.61. The van der Waals surface area contributed by atoms with E-state index in [1.54, 1.807) is 16.8 Å². The van der Waals surface area contributed by atoms with Gasteiger partial charge in [-0.2, -0.15) is 0 Å². The predicted molar refractivity (Wildman–Crippen MR) is 48.5 cm³/mol. The molecule has 74 valence electrons. The highest BCUT2D eigenvalue weighted by molar-refractivity contribution is 5.14. The van der Waals surface area contributed by atoms with Crippen LogP contribution in [-0.2, 0) is 6.54 Å². The first-order valence-corrected chi connectivity index (χ1v) is 4.42. The van der Waals surface area contributed by atoms with E-state index in [0.717, 1.165) is 0 Å². The second kappa shape index (κ2) is 3.63. The molecule has 14 heavy (non-hydrogen) atoms. The molecule has 0 radical (unpaired) electrons. The highest BCUT2D eigenvalue weighted by Gasteiger charge is 2.17. The fraction of sp³-hybridized carbons (Fsp3) is 0.333. The standard InChI is InChI=1S/C9H11N3O2/c1-2-12-7(6-10-11-12)9(13)8-4-3-5-14-8/h3-6,9,13H,2H2,1H3. The maximum absolute atomic E-state index is 9.89. The van der Waals surface area contributed by atoms with E-state index in [1.165, 1.54) is 12.5 Å². The lowest BCUT2D eigenvalue weighted by molar-refractivity contribution is 0.178. The molecule has 1 atom stereocenters. The molecule has 2 aromatic heterocycles. The summed E-state index contributed by atoms with van der Waals surface area (Å²) in [5, 5.41) is 17.5. The van der Waals surface area contributed by atoms with Gasteiger partial charge >= 0.3 is 0 Å². The summed E-state index contributed by atoms with van der Waals surface area (Å²) in [7, 11) is 0. The number of furan rings is 1. The van der Waals surface area contributed by atoms with Crippen LogP contribution in [0, 0.1) is 0 Å². The lowest BCUT2D eigenvalue weighted by atomic mass is 10.2. The first-order chi connectivity index (χ1) is 6.83. The van der Waals surface area contributed by atoms with Crippen molar-refractivity contribution < 1.29 is 9.52 Å². The average molecular weight is 193 g/mol. The van der Waals surface area contributed by atoms with Gasteiger partial charge in [0.05, 0.1) is 18.2 Å². The number of aryl methyl sites for hydroxylation is 1. The van der Waals surface area contributed by atoms with E-state index in [-0.39, 0.29) is 0 Å². The first-order valence-electron chi connectivity index (χ1n) is 4.42. The van der Waals surface area contributed by atoms with Gasteiger partial charge in [0.25, 0.3) is 0 Å². The van der Waals surface area contributed by atoms with Crippen molar-refractivity contribution in [2.45, 2.75) is 19.6 Å². The summed E-state index contributed by atoms with van der Waals surface area (Å²) in [5.74, 6) is 0.502. The van der Waals surface area contributed by atoms with Crippen molar-refractivity contribution in [1.29, 1.82) is 0 Å². The Morgan fingerprint density at radius 2 is 2.50 bits per heavy atom. The highest BCUT2D eigenvalue weighted by Crippen LogP contribution is 2.20. The van der Waals surface area contributed by atoms with Gasteiger partial charge in [0, 0.05) is 6.54 Å². The number of aliphatic hydroxyl groups excluding tert-OH is 1. The van der Waals surface area contributed by atoms with E-state index in [1.807, 2.05) is 6.92 Å². The molecule has 2 rings (SSSR count). The van der Waals surface area contributed by atoms with Gasteiger partial charge in [0.2, 0.25) is 0 Å². The van der Waals surface area contributed by atoms with E-state index in [9.17, 15) is 5.11 Å². The van der Waals surface area contributed by atoms with Gasteiger partial charge in [0.15, 0.2) is 6.10 Å². The van der Waals surface area contributed by atoms with Crippen molar-refractivity contribution in [1.82, 2.24) is 15.0 Å². The van der Waals surface area contributed by atoms with Gasteiger partial charge in [-0.05, 0) is 19.1 Å². The van der Waals surface area contributed by atoms with Gasteiger partial charge in [-0.15, -0.1) is 5.10 Å². The number of aliphatic hydroxyl groups is 1. The molecule has 0 aliphatic rings. The molecule has 0 saturated heterocycles. The fourth-order valence-electron chi connectivity index (χ4n) is 1.32. The molecule has 5 heteroatoms. The van der Waals surface area contributed by atoms with Crippen LogP contribution in [-0.4, -0.2) is 20.1 Å². The zero-order chi connectivity index (χ0) is 9.97. The van der Waals surface area contributed by atoms with E-state index < -0.39 is 6.10 Å². The number of nitrogens with zero attached hydrogens (tertiary/aromatic N) is 3. The van der Waals surface area contributed by atoms with Crippen molar-refractivity contribution in [3.8, 4) is 0 Å². The maximum Gasteiger partial charge on any atom is 0.155 e. The van der Waals surface area contributed by atoms with Gasteiger partial charge in [0.1, 0.15) is 5.76 Å². The van der Waals surface area contributed by atoms with Crippen LogP contribution < -0.4 is 0 Å². The average Bonchev–Trinajstić information content (AvgIpc) is 2.87. The van der Waals surface area contributed by atoms with Crippen molar-refractivity contribution in [3.05, 3.63) is 36.0 Å². The number of rotatable bonds is 3. The van der Waals surface area contributed by atoms with Crippen LogP contribution >= 0.6 is 0 Å². The Balaban J connectivity index is 2.31. The Hall–Kier alpha value is -1.62. The van der Waals surface area contributed by atoms with Crippen LogP contribution in [0.25, 0.3) is 0 Å². The zero-order valence-electron chi connectivity index (χ0n) is 7.79. The van der Waals surface area contributed by atoms with Crippen LogP contribution in [0.1, 0.15) is 24.5 Å². The quantitative estimate of drug-likeness (QED) is 0.788. The number of hydrogen-bond acceptors (Lipinski definition) is 4. The van der Waals surface area contributed by atoms with Crippen molar-refractivity contribution in [2.24, 2.45) is 0 Å². The normalized spacial score (nSPS) is 13.0. The van der Waals surface area contributed by atoms with Crippen LogP contribution in [0.4, 0.5) is 0 Å². The van der Waals surface area contributed by atoms with Crippen molar-refractivity contribution >= 4 is 0 Å². The predicted octanol–water partition coefficient (Wildman–Crippen LogP) is 0.973. The van der Waals surface area contributed by atoms with Crippen molar-refractivity contribution in [2.75, 3.05) is 0 Å². The fourth-order valence-corrected chi connectivity index (χ4v) is 1.32. The smallest absolute Gasteiger partial charge is 0.155 e. The summed E-state index contributed by atoms with van der Waals surface area (Å²) < 4.78 is 6.73. The van der Waals surface area contributed by atoms with Crippen LogP contribution in [0.15, 0.2) is 29.0 Å². The number of aromatic nitrogens is 3. The third kappa shape index (κ3) is 1.42. The molecule has 0 amide bonds. The Morgan fingerprint density at radius 3 is 3.14 bits per heavy atom. The Kier molecular flexibility index (Phi) is 2.32. The number of hydrogen-bond donors (Lipinski definition) is 1. The van der Waals surface area contributed by atoms with Crippen molar-refractivity contribution in [3.63, 3.8) is 0 Å². The summed E-state index contributed by atoms with van der Waals surface area (Å²) in [4.78, 5) is 0. The molecule has 0 saturated carbocycles. The largest absolute Gasteiger partial charge is 0.466 e. The Bertz CT molecular complexity index is 394. The van der Waals surface area contributed by atoms with Crippen LogP contribution in [0.2, 0.25) is 0 Å². The van der Waals surface area contributed by atoms with E-state index in [0.29, 0.717) is 18.0 Å². The topological polar surface area (TPSA) is 64.1 Å². The van der Waals surface area contributed by atoms with Crippen LogP contribution in [0.3, 0.4) is 0 Å². The molecule has 1 unspecified atom stereocenters. The Morgan fingerprint density at radius 1 is 1.64 bits per heavy atom. The van der Waals surface area contributed by atoms with Gasteiger partial charge < -0.3 is 9.52 Å². The molecule has 2 heterocycles. The summed E-state index contributed by atoms with van der Waals surface area (Å²) in [5.41, 5.74) is 0.641. The summed E-state index contributed by atoms with van der Waals surface area (Å²) in [6.07, 6.45) is 2.27. The molecular weight excluding hydrogens is 182 g/mol. The molecule has 0 aliphatic heterocycles. The maximum atomic E-state index is 9.89. The second-order valence-corrected chi connectivity index (χ2v) is 2.89. The molecular formula is C9H11N3O2. The molecule has 5 nitrogen and oxygen atoms in total. The SMILES string of the molecule is CCn1nncc1C(O)c1ccco1. The molecule has 0 aromatic carbocycles. The Labute approximate surface area is 81.0 Å². The van der Waals surface area contributed by atoms with Crippen LogP contribution in [0.5, 0.6) is 0 Å². The van der Waals surface area contributed by atoms with Gasteiger partial charge in [-0.1, -0.05) is 5.21 Å². The lowest BCUT2D eigenvalue weighted by Gasteiger charge is -2.07. The molecule has 0 fully saturated rings. The van der Waals surface area contributed by atoms with Gasteiger partial charge in [-0.3, -0.25) is 0 Å². The minimum atomic E-state index is -0.792. The lowest BCUT2D eigenvalue weighted by Crippen LogP contribution is -2.08. The van der Waals surface area contributed by atoms with E-state index >= 15 is 0 Å². The monoisotopic (exact) mass is 193 g/mol. The first kappa shape index (κ1) is 8.96. The summed E-state index contributed by atoms with van der Waals surface area (Å²) in [6, 6.07) is 3.45. The minimum absolute atomic E-state index is 0.502. The third-order valence-electron chi connectivity index (χ3n) is 2.04. The zero-order valence-corrected chi connectivity index (χ0v) is 7.79. The minimum Gasteiger partial charge on any atom is -0.466 e. The third-order valence-corrected chi connectivity index (χ3v) is 2.04. The molecule has 0 spiro atoms. The summed E-state index contributed by atoms with van der Waals surface area (Å²) >= 11 is 0. The molecule has 2 aromatic rings. The molecule has 1 N–H and O–H groups in total. The van der Waals surface area contributed by atoms with E-state index in [2.05, 4.69) is 10.3 Å². The molecule has 0 bridgehead atoms. The molecule has 0 aliphatic carbocycles. The second-order valence-electron chi connectivity index (χ2n) is 2.89. The van der Waals surface area contributed by atoms with E-state index in [4.69, 9.17) is 4.42 Å². The van der Waals surface area contributed by atoms with Gasteiger partial charge in [-0.25, -0.2) is 4.68 Å².